The molecule has 4 aliphatic rings. The third-order valence-electron chi connectivity index (χ3n) is 6.49. The van der Waals surface area contributed by atoms with Gasteiger partial charge < -0.3 is 14.6 Å². The van der Waals surface area contributed by atoms with E-state index < -0.39 is 17.1 Å². The summed E-state index contributed by atoms with van der Waals surface area (Å²) < 4.78 is 10.7. The van der Waals surface area contributed by atoms with Gasteiger partial charge in [-0.15, -0.1) is 0 Å². The van der Waals surface area contributed by atoms with Crippen LogP contribution in [0.25, 0.3) is 0 Å². The molecule has 4 saturated carbocycles. The van der Waals surface area contributed by atoms with Gasteiger partial charge in [0.1, 0.15) is 5.75 Å². The molecular formula is C21H26O5. The largest absolute Gasteiger partial charge is 0.497 e. The van der Waals surface area contributed by atoms with E-state index in [9.17, 15) is 14.7 Å². The predicted octanol–water partition coefficient (Wildman–Crippen LogP) is 3.14. The normalized spacial score (nSPS) is 35.8. The van der Waals surface area contributed by atoms with Gasteiger partial charge in [0.15, 0.2) is 6.10 Å². The van der Waals surface area contributed by atoms with E-state index in [0.29, 0.717) is 29.6 Å². The molecule has 5 nitrogen and oxygen atoms in total. The van der Waals surface area contributed by atoms with Crippen LogP contribution in [0.3, 0.4) is 0 Å². The second kappa shape index (κ2) is 6.08. The minimum atomic E-state index is -0.835. The Kier molecular flexibility index (Phi) is 4.10. The number of hydrogen-bond donors (Lipinski definition) is 1. The van der Waals surface area contributed by atoms with Gasteiger partial charge in [-0.1, -0.05) is 0 Å². The number of benzene rings is 1. The van der Waals surface area contributed by atoms with E-state index >= 15 is 0 Å². The predicted molar refractivity (Wildman–Crippen MR) is 94.9 cm³/mol. The van der Waals surface area contributed by atoms with E-state index in [1.807, 2.05) is 0 Å². The number of rotatable bonds is 5. The zero-order valence-corrected chi connectivity index (χ0v) is 15.4. The highest BCUT2D eigenvalue weighted by atomic mass is 16.5. The fourth-order valence-corrected chi connectivity index (χ4v) is 5.78. The number of ether oxygens (including phenoxy) is 2. The Morgan fingerprint density at radius 2 is 1.73 bits per heavy atom. The number of carbonyl (C=O) groups is 2. The lowest BCUT2D eigenvalue weighted by molar-refractivity contribution is -0.197. The quantitative estimate of drug-likeness (QED) is 0.647. The van der Waals surface area contributed by atoms with Crippen LogP contribution < -0.4 is 4.74 Å². The van der Waals surface area contributed by atoms with Crippen molar-refractivity contribution in [2.45, 2.75) is 57.2 Å². The van der Waals surface area contributed by atoms with Gasteiger partial charge in [0.2, 0.25) is 5.78 Å². The topological polar surface area (TPSA) is 72.8 Å². The molecule has 0 amide bonds. The van der Waals surface area contributed by atoms with Crippen LogP contribution in [0.15, 0.2) is 24.3 Å². The van der Waals surface area contributed by atoms with Crippen LogP contribution in [0.5, 0.6) is 5.75 Å². The second-order valence-corrected chi connectivity index (χ2v) is 8.61. The summed E-state index contributed by atoms with van der Waals surface area (Å²) in [6.07, 6.45) is 3.94. The first-order valence-electron chi connectivity index (χ1n) is 9.44. The molecule has 4 aliphatic carbocycles. The summed E-state index contributed by atoms with van der Waals surface area (Å²) in [5, 5.41) is 10.8. The number of carbonyl (C=O) groups excluding carboxylic acids is 2. The van der Waals surface area contributed by atoms with Crippen molar-refractivity contribution in [1.29, 1.82) is 0 Å². The molecule has 2 unspecified atom stereocenters. The molecule has 0 radical (unpaired) electrons. The molecule has 0 saturated heterocycles. The average molecular weight is 358 g/mol. The number of Topliss-reactive ketones (excluding diaryl/α,β-unsaturated/α-hetero) is 1. The van der Waals surface area contributed by atoms with Crippen molar-refractivity contribution in [3.63, 3.8) is 0 Å². The Balaban J connectivity index is 1.46. The van der Waals surface area contributed by atoms with Crippen molar-refractivity contribution in [3.8, 4) is 5.75 Å². The fraction of sp³-hybridized carbons (Fsp3) is 0.619. The third kappa shape index (κ3) is 2.92. The lowest BCUT2D eigenvalue weighted by Crippen LogP contribution is -2.58. The van der Waals surface area contributed by atoms with E-state index in [-0.39, 0.29) is 11.8 Å². The Morgan fingerprint density at radius 3 is 2.27 bits per heavy atom. The van der Waals surface area contributed by atoms with Crippen LogP contribution in [0.4, 0.5) is 0 Å². The first-order chi connectivity index (χ1) is 12.3. The molecule has 1 N–H and O–H groups in total. The van der Waals surface area contributed by atoms with Crippen LogP contribution >= 0.6 is 0 Å². The maximum Gasteiger partial charge on any atom is 0.312 e. The molecule has 5 rings (SSSR count). The summed E-state index contributed by atoms with van der Waals surface area (Å²) in [5.74, 6) is 0.958. The standard InChI is InChI=1S/C21H26O5/c1-13(18(22)16-3-5-17(25-2)6-4-16)26-19(23)20-8-14-7-15(9-20)11-21(24,10-14)12-20/h3-6,13-15,24H,7-12H2,1-2H3/t13-,14-,15+,20?,21?/m1/s1. The van der Waals surface area contributed by atoms with Gasteiger partial charge in [0.05, 0.1) is 18.1 Å². The molecule has 4 bridgehead atoms. The molecule has 5 heteroatoms. The van der Waals surface area contributed by atoms with Crippen molar-refractivity contribution < 1.29 is 24.2 Å². The Hall–Kier alpha value is -1.88. The van der Waals surface area contributed by atoms with Crippen molar-refractivity contribution in [2.24, 2.45) is 17.3 Å². The van der Waals surface area contributed by atoms with Gasteiger partial charge in [0, 0.05) is 5.56 Å². The summed E-state index contributed by atoms with van der Waals surface area (Å²) in [6.45, 7) is 1.62. The SMILES string of the molecule is COc1ccc(C(=O)[C@@H](C)OC(=O)C23C[C@@H]4C[C@@H](CC(O)(C4)C2)C3)cc1. The van der Waals surface area contributed by atoms with Gasteiger partial charge in [-0.25, -0.2) is 0 Å². The lowest BCUT2D eigenvalue weighted by atomic mass is 9.48. The summed E-state index contributed by atoms with van der Waals surface area (Å²) in [7, 11) is 1.57. The Labute approximate surface area is 153 Å². The van der Waals surface area contributed by atoms with Gasteiger partial charge in [-0.05, 0) is 81.5 Å². The Morgan fingerprint density at radius 1 is 1.12 bits per heavy atom. The monoisotopic (exact) mass is 358 g/mol. The number of aliphatic hydroxyl groups is 1. The summed E-state index contributed by atoms with van der Waals surface area (Å²) in [6, 6.07) is 6.80. The van der Waals surface area contributed by atoms with Crippen LogP contribution in [0, 0.1) is 17.3 Å². The van der Waals surface area contributed by atoms with E-state index in [1.165, 1.54) is 0 Å². The van der Waals surface area contributed by atoms with Crippen LogP contribution in [-0.4, -0.2) is 35.7 Å². The Bertz CT molecular complexity index is 708. The first-order valence-corrected chi connectivity index (χ1v) is 9.44. The minimum Gasteiger partial charge on any atom is -0.497 e. The molecule has 4 fully saturated rings. The fourth-order valence-electron chi connectivity index (χ4n) is 5.78. The lowest BCUT2D eigenvalue weighted by Gasteiger charge is -2.58. The molecule has 0 aliphatic heterocycles. The number of hydrogen-bond acceptors (Lipinski definition) is 5. The van der Waals surface area contributed by atoms with Crippen molar-refractivity contribution >= 4 is 11.8 Å². The molecular weight excluding hydrogens is 332 g/mol. The van der Waals surface area contributed by atoms with E-state index in [0.717, 1.165) is 32.1 Å². The molecule has 26 heavy (non-hydrogen) atoms. The molecule has 140 valence electrons. The maximum atomic E-state index is 13.0. The second-order valence-electron chi connectivity index (χ2n) is 8.61. The smallest absolute Gasteiger partial charge is 0.312 e. The summed E-state index contributed by atoms with van der Waals surface area (Å²) in [4.78, 5) is 25.6. The zero-order chi connectivity index (χ0) is 18.5. The van der Waals surface area contributed by atoms with Crippen LogP contribution in [0.1, 0.15) is 55.8 Å². The van der Waals surface area contributed by atoms with Gasteiger partial charge in [-0.2, -0.15) is 0 Å². The molecule has 0 spiro atoms. The van der Waals surface area contributed by atoms with Crippen LogP contribution in [0.2, 0.25) is 0 Å². The van der Waals surface area contributed by atoms with Crippen molar-refractivity contribution in [1.82, 2.24) is 0 Å². The summed E-state index contributed by atoms with van der Waals surface area (Å²) >= 11 is 0. The molecule has 0 aromatic heterocycles. The highest BCUT2D eigenvalue weighted by molar-refractivity contribution is 6.00. The average Bonchev–Trinajstić information content (AvgIpc) is 2.59. The van der Waals surface area contributed by atoms with Crippen molar-refractivity contribution in [3.05, 3.63) is 29.8 Å². The van der Waals surface area contributed by atoms with Gasteiger partial charge >= 0.3 is 5.97 Å². The number of esters is 1. The van der Waals surface area contributed by atoms with E-state index in [2.05, 4.69) is 0 Å². The maximum absolute atomic E-state index is 13.0. The van der Waals surface area contributed by atoms with Crippen LogP contribution in [-0.2, 0) is 9.53 Å². The van der Waals surface area contributed by atoms with Crippen molar-refractivity contribution in [2.75, 3.05) is 7.11 Å². The summed E-state index contributed by atoms with van der Waals surface area (Å²) in [5.41, 5.74) is -0.824. The molecule has 1 aromatic carbocycles. The van der Waals surface area contributed by atoms with E-state index in [1.54, 1.807) is 38.3 Å². The highest BCUT2D eigenvalue weighted by Crippen LogP contribution is 2.62. The van der Waals surface area contributed by atoms with Gasteiger partial charge in [-0.3, -0.25) is 9.59 Å². The first kappa shape index (κ1) is 17.5. The number of ketones is 1. The number of methoxy groups -OCH3 is 1. The molecule has 0 heterocycles. The highest BCUT2D eigenvalue weighted by Gasteiger charge is 2.61. The molecule has 5 atom stereocenters. The minimum absolute atomic E-state index is 0.218. The molecule has 1 aromatic rings. The van der Waals surface area contributed by atoms with E-state index in [4.69, 9.17) is 9.47 Å². The zero-order valence-electron chi connectivity index (χ0n) is 15.4. The third-order valence-corrected chi connectivity index (χ3v) is 6.49. The van der Waals surface area contributed by atoms with Gasteiger partial charge in [0.25, 0.3) is 0 Å².